The lowest BCUT2D eigenvalue weighted by Crippen LogP contribution is -2.47. The van der Waals surface area contributed by atoms with Crippen LogP contribution in [-0.4, -0.2) is 85.9 Å². The van der Waals surface area contributed by atoms with Crippen molar-refractivity contribution >= 4 is 10.0 Å². The molecule has 1 aliphatic carbocycles. The molecular weight excluding hydrogens is 582 g/mol. The van der Waals surface area contributed by atoms with Gasteiger partial charge in [0.2, 0.25) is 10.0 Å². The standard InChI is InChI=1S/C26H30F6N2O6S/c27-25(28,29)6-7-34-13-19(35)12-33-41(38,39)23-5-4-17(16-2-1-3-18(8-16)26(30,31)32)9-22(23)40-15-24(14-34)10-20(36)21(37)11-24/h1-5,8-9,19-21,33,35-37H,6-7,10-15H2/t19-,20-,21+,24?/m0/s1. The van der Waals surface area contributed by atoms with Gasteiger partial charge in [-0.2, -0.15) is 26.3 Å². The predicted octanol–water partition coefficient (Wildman–Crippen LogP) is 3.16. The normalized spacial score (nSPS) is 28.0. The number of halogens is 6. The third kappa shape index (κ3) is 7.90. The molecule has 1 unspecified atom stereocenters. The van der Waals surface area contributed by atoms with Gasteiger partial charge in [-0.1, -0.05) is 18.2 Å². The Morgan fingerprint density at radius 1 is 0.976 bits per heavy atom. The van der Waals surface area contributed by atoms with Gasteiger partial charge in [-0.3, -0.25) is 4.90 Å². The molecule has 228 valence electrons. The summed E-state index contributed by atoms with van der Waals surface area (Å²) in [6.07, 6.45) is -14.3. The molecule has 4 N–H and O–H groups in total. The molecule has 41 heavy (non-hydrogen) atoms. The molecule has 2 aromatic carbocycles. The van der Waals surface area contributed by atoms with E-state index in [1.165, 1.54) is 29.2 Å². The lowest BCUT2D eigenvalue weighted by Gasteiger charge is -2.37. The SMILES string of the molecule is O=S1(=O)NC[C@H](O)CN(CCC(F)(F)F)CC2(COc3cc(-c4cccc(C(F)(F)F)c4)ccc31)C[C@@H](O)[C@@H](O)C2. The summed E-state index contributed by atoms with van der Waals surface area (Å²) in [7, 11) is -4.35. The van der Waals surface area contributed by atoms with Gasteiger partial charge in [0, 0.05) is 31.6 Å². The second kappa shape index (κ2) is 11.7. The zero-order chi connectivity index (χ0) is 30.2. The molecule has 0 amide bonds. The summed E-state index contributed by atoms with van der Waals surface area (Å²) in [5, 5.41) is 31.1. The van der Waals surface area contributed by atoms with Gasteiger partial charge in [0.1, 0.15) is 10.6 Å². The summed E-state index contributed by atoms with van der Waals surface area (Å²) < 4.78 is 113. The Hall–Kier alpha value is -2.43. The van der Waals surface area contributed by atoms with Crippen molar-refractivity contribution in [3.63, 3.8) is 0 Å². The lowest BCUT2D eigenvalue weighted by molar-refractivity contribution is -0.140. The number of hydrogen-bond donors (Lipinski definition) is 4. The third-order valence-corrected chi connectivity index (χ3v) is 8.73. The van der Waals surface area contributed by atoms with Crippen LogP contribution in [-0.2, 0) is 16.2 Å². The van der Waals surface area contributed by atoms with E-state index < -0.39 is 71.2 Å². The first-order valence-electron chi connectivity index (χ1n) is 12.7. The highest BCUT2D eigenvalue weighted by atomic mass is 32.2. The largest absolute Gasteiger partial charge is 0.492 e. The number of rotatable bonds is 3. The molecule has 4 atom stereocenters. The van der Waals surface area contributed by atoms with Crippen LogP contribution in [0.3, 0.4) is 0 Å². The monoisotopic (exact) mass is 612 g/mol. The fourth-order valence-electron chi connectivity index (χ4n) is 5.30. The number of nitrogens with zero attached hydrogens (tertiary/aromatic N) is 1. The quantitative estimate of drug-likeness (QED) is 0.394. The molecule has 4 rings (SSSR count). The maximum Gasteiger partial charge on any atom is 0.416 e. The fourth-order valence-corrected chi connectivity index (χ4v) is 6.50. The van der Waals surface area contributed by atoms with Gasteiger partial charge >= 0.3 is 12.4 Å². The van der Waals surface area contributed by atoms with Crippen molar-refractivity contribution in [2.45, 2.75) is 54.8 Å². The van der Waals surface area contributed by atoms with Crippen LogP contribution in [0.1, 0.15) is 24.8 Å². The molecule has 0 bridgehead atoms. The molecular formula is C26H30F6N2O6S. The Morgan fingerprint density at radius 2 is 1.63 bits per heavy atom. The zero-order valence-corrected chi connectivity index (χ0v) is 22.4. The first-order valence-corrected chi connectivity index (χ1v) is 14.2. The van der Waals surface area contributed by atoms with Crippen LogP contribution in [0.4, 0.5) is 26.3 Å². The molecule has 8 nitrogen and oxygen atoms in total. The van der Waals surface area contributed by atoms with E-state index >= 15 is 0 Å². The van der Waals surface area contributed by atoms with E-state index in [4.69, 9.17) is 4.74 Å². The van der Waals surface area contributed by atoms with Crippen molar-refractivity contribution in [1.82, 2.24) is 9.62 Å². The van der Waals surface area contributed by atoms with E-state index in [1.807, 2.05) is 0 Å². The average molecular weight is 613 g/mol. The molecule has 0 saturated heterocycles. The molecule has 1 heterocycles. The van der Waals surface area contributed by atoms with Crippen LogP contribution < -0.4 is 9.46 Å². The highest BCUT2D eigenvalue weighted by Gasteiger charge is 2.46. The molecule has 1 spiro atoms. The maximum absolute atomic E-state index is 13.3. The average Bonchev–Trinajstić information content (AvgIpc) is 3.16. The van der Waals surface area contributed by atoms with E-state index in [9.17, 15) is 50.1 Å². The van der Waals surface area contributed by atoms with E-state index in [0.717, 1.165) is 18.2 Å². The number of sulfonamides is 1. The van der Waals surface area contributed by atoms with Gasteiger partial charge in [0.25, 0.3) is 0 Å². The molecule has 1 saturated carbocycles. The number of β-amino-alcohol motifs (C(OH)–C–C–N with tert-alkyl or cyclic N) is 1. The molecule has 2 aromatic rings. The summed E-state index contributed by atoms with van der Waals surface area (Å²) in [6.45, 7) is -1.86. The number of nitrogens with one attached hydrogen (secondary N) is 1. The number of alkyl halides is 6. The summed E-state index contributed by atoms with van der Waals surface area (Å²) in [4.78, 5) is 0.923. The van der Waals surface area contributed by atoms with Crippen LogP contribution in [0.2, 0.25) is 0 Å². The number of aliphatic hydroxyl groups excluding tert-OH is 3. The van der Waals surface area contributed by atoms with Crippen LogP contribution in [0.5, 0.6) is 5.75 Å². The van der Waals surface area contributed by atoms with Crippen LogP contribution in [0.15, 0.2) is 47.4 Å². The summed E-state index contributed by atoms with van der Waals surface area (Å²) in [5.74, 6) is -0.250. The van der Waals surface area contributed by atoms with Gasteiger partial charge in [-0.25, -0.2) is 13.1 Å². The minimum absolute atomic E-state index is 0.0829. The predicted molar refractivity (Wildman–Crippen MR) is 134 cm³/mol. The molecule has 0 aromatic heterocycles. The molecule has 15 heteroatoms. The lowest BCUT2D eigenvalue weighted by atomic mass is 9.85. The molecule has 1 fully saturated rings. The number of aliphatic hydroxyl groups is 3. The topological polar surface area (TPSA) is 119 Å². The van der Waals surface area contributed by atoms with E-state index in [1.54, 1.807) is 0 Å². The number of benzene rings is 2. The highest BCUT2D eigenvalue weighted by Crippen LogP contribution is 2.42. The molecule has 2 aliphatic rings. The number of fused-ring (bicyclic) bond motifs is 1. The second-order valence-electron chi connectivity index (χ2n) is 10.7. The number of hydrogen-bond acceptors (Lipinski definition) is 7. The maximum atomic E-state index is 13.3. The minimum Gasteiger partial charge on any atom is -0.492 e. The van der Waals surface area contributed by atoms with Crippen LogP contribution in [0, 0.1) is 5.41 Å². The van der Waals surface area contributed by atoms with Crippen LogP contribution >= 0.6 is 0 Å². The van der Waals surface area contributed by atoms with Gasteiger partial charge in [0.05, 0.1) is 36.9 Å². The van der Waals surface area contributed by atoms with Crippen molar-refractivity contribution in [3.05, 3.63) is 48.0 Å². The van der Waals surface area contributed by atoms with Crippen molar-refractivity contribution in [1.29, 1.82) is 0 Å². The summed E-state index contributed by atoms with van der Waals surface area (Å²) in [5.41, 5.74) is -1.73. The van der Waals surface area contributed by atoms with Crippen LogP contribution in [0.25, 0.3) is 11.1 Å². The second-order valence-corrected chi connectivity index (χ2v) is 12.4. The third-order valence-electron chi connectivity index (χ3n) is 7.27. The van der Waals surface area contributed by atoms with Gasteiger partial charge in [-0.05, 0) is 48.2 Å². The van der Waals surface area contributed by atoms with E-state index in [-0.39, 0.29) is 54.3 Å². The van der Waals surface area contributed by atoms with Crippen molar-refractivity contribution in [2.24, 2.45) is 5.41 Å². The Kier molecular flexibility index (Phi) is 8.98. The Labute approximate surface area is 232 Å². The minimum atomic E-state index is -4.62. The van der Waals surface area contributed by atoms with Crippen molar-refractivity contribution in [3.8, 4) is 16.9 Å². The van der Waals surface area contributed by atoms with Crippen molar-refractivity contribution < 1.29 is 54.8 Å². The first kappa shape index (κ1) is 31.5. The Bertz CT molecular complexity index is 1330. The van der Waals surface area contributed by atoms with E-state index in [2.05, 4.69) is 4.72 Å². The smallest absolute Gasteiger partial charge is 0.416 e. The van der Waals surface area contributed by atoms with E-state index in [0.29, 0.717) is 0 Å². The van der Waals surface area contributed by atoms with Gasteiger partial charge in [-0.15, -0.1) is 0 Å². The Balaban J connectivity index is 1.74. The Morgan fingerprint density at radius 3 is 2.27 bits per heavy atom. The first-order chi connectivity index (χ1) is 19.0. The van der Waals surface area contributed by atoms with Crippen molar-refractivity contribution in [2.75, 3.05) is 32.8 Å². The highest BCUT2D eigenvalue weighted by molar-refractivity contribution is 7.89. The zero-order valence-electron chi connectivity index (χ0n) is 21.6. The summed E-state index contributed by atoms with van der Waals surface area (Å²) >= 11 is 0. The molecule has 1 aliphatic heterocycles. The number of ether oxygens (including phenoxy) is 1. The fraction of sp³-hybridized carbons (Fsp3) is 0.538. The molecule has 0 radical (unpaired) electrons. The summed E-state index contributed by atoms with van der Waals surface area (Å²) in [6, 6.07) is 8.07. The van der Waals surface area contributed by atoms with Gasteiger partial charge in [0.15, 0.2) is 0 Å². The van der Waals surface area contributed by atoms with Gasteiger partial charge < -0.3 is 20.1 Å².